The molecule has 2 amide bonds. The Morgan fingerprint density at radius 2 is 2.00 bits per heavy atom. The van der Waals surface area contributed by atoms with Crippen LogP contribution in [0.1, 0.15) is 18.9 Å². The molecule has 1 aliphatic heterocycles. The van der Waals surface area contributed by atoms with E-state index in [-0.39, 0.29) is 17.6 Å². The quantitative estimate of drug-likeness (QED) is 0.725. The molecule has 1 aliphatic rings. The van der Waals surface area contributed by atoms with E-state index in [0.717, 1.165) is 17.1 Å². The molecule has 0 aliphatic carbocycles. The van der Waals surface area contributed by atoms with Crippen molar-refractivity contribution in [2.45, 2.75) is 19.9 Å². The Kier molecular flexibility index (Phi) is 6.58. The second-order valence-corrected chi connectivity index (χ2v) is 6.26. The van der Waals surface area contributed by atoms with Gasteiger partial charge in [-0.15, -0.1) is 0 Å². The summed E-state index contributed by atoms with van der Waals surface area (Å²) in [5, 5.41) is 0. The van der Waals surface area contributed by atoms with E-state index in [4.69, 9.17) is 15.2 Å². The first kappa shape index (κ1) is 17.5. The average molecular weight is 338 g/mol. The van der Waals surface area contributed by atoms with Crippen molar-refractivity contribution in [2.75, 3.05) is 31.3 Å². The SMILES string of the molecule is CCN(Cc1ccc2c(c1)OCCO2)C(=O)CCSCC(N)=O. The number of primary amides is 1. The van der Waals surface area contributed by atoms with Crippen LogP contribution in [0.15, 0.2) is 18.2 Å². The van der Waals surface area contributed by atoms with Crippen LogP contribution in [0.4, 0.5) is 0 Å². The number of rotatable bonds is 8. The third-order valence-electron chi connectivity index (χ3n) is 3.42. The number of fused-ring (bicyclic) bond motifs is 1. The van der Waals surface area contributed by atoms with Crippen molar-refractivity contribution in [3.63, 3.8) is 0 Å². The fraction of sp³-hybridized carbons (Fsp3) is 0.500. The van der Waals surface area contributed by atoms with Crippen LogP contribution in [0.3, 0.4) is 0 Å². The van der Waals surface area contributed by atoms with Gasteiger partial charge in [-0.3, -0.25) is 9.59 Å². The van der Waals surface area contributed by atoms with Crippen molar-refractivity contribution in [2.24, 2.45) is 5.73 Å². The monoisotopic (exact) mass is 338 g/mol. The predicted molar refractivity (Wildman–Crippen MR) is 89.7 cm³/mol. The number of ether oxygens (including phenoxy) is 2. The van der Waals surface area contributed by atoms with Crippen molar-refractivity contribution in [1.29, 1.82) is 0 Å². The van der Waals surface area contributed by atoms with Gasteiger partial charge in [-0.25, -0.2) is 0 Å². The van der Waals surface area contributed by atoms with E-state index in [1.165, 1.54) is 11.8 Å². The molecule has 7 heteroatoms. The normalized spacial score (nSPS) is 12.7. The van der Waals surface area contributed by atoms with E-state index in [1.807, 2.05) is 25.1 Å². The van der Waals surface area contributed by atoms with Crippen LogP contribution in [0, 0.1) is 0 Å². The summed E-state index contributed by atoms with van der Waals surface area (Å²) in [6.07, 6.45) is 0.399. The summed E-state index contributed by atoms with van der Waals surface area (Å²) in [6.45, 7) is 4.23. The first-order valence-electron chi connectivity index (χ1n) is 7.62. The summed E-state index contributed by atoms with van der Waals surface area (Å²) in [4.78, 5) is 24.7. The Bertz CT molecular complexity index is 565. The van der Waals surface area contributed by atoms with Gasteiger partial charge in [0.25, 0.3) is 0 Å². The summed E-state index contributed by atoms with van der Waals surface area (Å²) in [6, 6.07) is 5.75. The highest BCUT2D eigenvalue weighted by Crippen LogP contribution is 2.31. The molecule has 0 unspecified atom stereocenters. The molecule has 0 aromatic heterocycles. The smallest absolute Gasteiger partial charge is 0.227 e. The second-order valence-electron chi connectivity index (χ2n) is 5.15. The number of amides is 2. The Morgan fingerprint density at radius 3 is 2.70 bits per heavy atom. The molecule has 0 bridgehead atoms. The minimum atomic E-state index is -0.355. The molecular formula is C16H22N2O4S. The molecule has 126 valence electrons. The van der Waals surface area contributed by atoms with Crippen molar-refractivity contribution in [1.82, 2.24) is 4.90 Å². The third kappa shape index (κ3) is 5.35. The number of hydrogen-bond donors (Lipinski definition) is 1. The summed E-state index contributed by atoms with van der Waals surface area (Å²) >= 11 is 1.38. The Balaban J connectivity index is 1.88. The van der Waals surface area contributed by atoms with Gasteiger partial charge < -0.3 is 20.1 Å². The lowest BCUT2D eigenvalue weighted by atomic mass is 10.1. The minimum absolute atomic E-state index is 0.0689. The molecule has 0 saturated heterocycles. The predicted octanol–water partition coefficient (Wildman–Crippen LogP) is 1.41. The summed E-state index contributed by atoms with van der Waals surface area (Å²) in [5.74, 6) is 2.04. The standard InChI is InChI=1S/C16H22N2O4S/c1-2-18(16(20)5-8-23-11-15(17)19)10-12-3-4-13-14(9-12)22-7-6-21-13/h3-4,9H,2,5-8,10-11H2,1H3,(H2,17,19). The fourth-order valence-electron chi connectivity index (χ4n) is 2.27. The molecular weight excluding hydrogens is 316 g/mol. The highest BCUT2D eigenvalue weighted by molar-refractivity contribution is 7.99. The van der Waals surface area contributed by atoms with Gasteiger partial charge in [0.2, 0.25) is 11.8 Å². The van der Waals surface area contributed by atoms with Crippen LogP contribution in [0.5, 0.6) is 11.5 Å². The number of carbonyl (C=O) groups excluding carboxylic acids is 2. The van der Waals surface area contributed by atoms with E-state index in [0.29, 0.717) is 38.5 Å². The fourth-order valence-corrected chi connectivity index (χ4v) is 2.94. The molecule has 1 aromatic rings. The molecule has 0 fully saturated rings. The summed E-state index contributed by atoms with van der Waals surface area (Å²) in [5.41, 5.74) is 6.08. The van der Waals surface area contributed by atoms with Crippen molar-refractivity contribution < 1.29 is 19.1 Å². The van der Waals surface area contributed by atoms with Gasteiger partial charge in [0.05, 0.1) is 5.75 Å². The van der Waals surface area contributed by atoms with Crippen LogP contribution in [-0.2, 0) is 16.1 Å². The Labute approximate surface area is 140 Å². The highest BCUT2D eigenvalue weighted by Gasteiger charge is 2.15. The minimum Gasteiger partial charge on any atom is -0.486 e. The van der Waals surface area contributed by atoms with E-state index in [9.17, 15) is 9.59 Å². The number of nitrogens with zero attached hydrogens (tertiary/aromatic N) is 1. The summed E-state index contributed by atoms with van der Waals surface area (Å²) in [7, 11) is 0. The average Bonchev–Trinajstić information content (AvgIpc) is 2.56. The van der Waals surface area contributed by atoms with Crippen LogP contribution >= 0.6 is 11.8 Å². The lowest BCUT2D eigenvalue weighted by Crippen LogP contribution is -2.30. The van der Waals surface area contributed by atoms with Crippen LogP contribution in [0.25, 0.3) is 0 Å². The summed E-state index contributed by atoms with van der Waals surface area (Å²) < 4.78 is 11.1. The van der Waals surface area contributed by atoms with E-state index < -0.39 is 0 Å². The van der Waals surface area contributed by atoms with Gasteiger partial charge in [-0.1, -0.05) is 6.07 Å². The van der Waals surface area contributed by atoms with Gasteiger partial charge in [0, 0.05) is 25.3 Å². The maximum absolute atomic E-state index is 12.3. The first-order valence-corrected chi connectivity index (χ1v) is 8.78. The molecule has 0 saturated carbocycles. The van der Waals surface area contributed by atoms with Gasteiger partial charge in [0.1, 0.15) is 13.2 Å². The lowest BCUT2D eigenvalue weighted by Gasteiger charge is -2.23. The molecule has 0 radical (unpaired) electrons. The number of nitrogens with two attached hydrogens (primary N) is 1. The molecule has 2 rings (SSSR count). The maximum Gasteiger partial charge on any atom is 0.227 e. The molecule has 1 aromatic carbocycles. The van der Waals surface area contributed by atoms with Gasteiger partial charge in [0.15, 0.2) is 11.5 Å². The zero-order valence-electron chi connectivity index (χ0n) is 13.2. The van der Waals surface area contributed by atoms with Crippen LogP contribution in [0.2, 0.25) is 0 Å². The Morgan fingerprint density at radius 1 is 1.26 bits per heavy atom. The molecule has 0 atom stereocenters. The van der Waals surface area contributed by atoms with Crippen molar-refractivity contribution in [3.05, 3.63) is 23.8 Å². The van der Waals surface area contributed by atoms with Crippen LogP contribution < -0.4 is 15.2 Å². The van der Waals surface area contributed by atoms with Gasteiger partial charge >= 0.3 is 0 Å². The number of thioether (sulfide) groups is 1. The topological polar surface area (TPSA) is 81.9 Å². The number of carbonyl (C=O) groups is 2. The second kappa shape index (κ2) is 8.67. The zero-order valence-corrected chi connectivity index (χ0v) is 14.1. The third-order valence-corrected chi connectivity index (χ3v) is 4.40. The molecule has 1 heterocycles. The highest BCUT2D eigenvalue weighted by atomic mass is 32.2. The van der Waals surface area contributed by atoms with Crippen molar-refractivity contribution >= 4 is 23.6 Å². The van der Waals surface area contributed by atoms with Gasteiger partial charge in [-0.2, -0.15) is 11.8 Å². The molecule has 23 heavy (non-hydrogen) atoms. The van der Waals surface area contributed by atoms with Gasteiger partial charge in [-0.05, 0) is 24.6 Å². The number of hydrogen-bond acceptors (Lipinski definition) is 5. The molecule has 0 spiro atoms. The first-order chi connectivity index (χ1) is 11.1. The Hall–Kier alpha value is -1.89. The largest absolute Gasteiger partial charge is 0.486 e. The zero-order chi connectivity index (χ0) is 16.7. The molecule has 6 nitrogen and oxygen atoms in total. The van der Waals surface area contributed by atoms with E-state index in [2.05, 4.69) is 0 Å². The maximum atomic E-state index is 12.3. The van der Waals surface area contributed by atoms with E-state index >= 15 is 0 Å². The molecule has 2 N–H and O–H groups in total. The van der Waals surface area contributed by atoms with E-state index in [1.54, 1.807) is 4.90 Å². The van der Waals surface area contributed by atoms with Crippen molar-refractivity contribution in [3.8, 4) is 11.5 Å². The van der Waals surface area contributed by atoms with Crippen LogP contribution in [-0.4, -0.2) is 48.0 Å². The number of benzene rings is 1. The lowest BCUT2D eigenvalue weighted by molar-refractivity contribution is -0.131.